The topological polar surface area (TPSA) is 29.5 Å². The second kappa shape index (κ2) is 4.16. The van der Waals surface area contributed by atoms with Gasteiger partial charge < -0.3 is 0 Å². The van der Waals surface area contributed by atoms with E-state index in [1.54, 1.807) is 6.92 Å². The van der Waals surface area contributed by atoms with Gasteiger partial charge in [0, 0.05) is 6.54 Å². The van der Waals surface area contributed by atoms with E-state index in [4.69, 9.17) is 0 Å². The van der Waals surface area contributed by atoms with Crippen LogP contribution < -0.4 is 0 Å². The zero-order chi connectivity index (χ0) is 8.15. The van der Waals surface area contributed by atoms with Crippen molar-refractivity contribution in [1.82, 2.24) is 5.06 Å². The van der Waals surface area contributed by atoms with E-state index >= 15 is 0 Å². The lowest BCUT2D eigenvalue weighted by Crippen LogP contribution is -2.34. The molecule has 10 heavy (non-hydrogen) atoms. The summed E-state index contributed by atoms with van der Waals surface area (Å²) in [6.45, 7) is 1.67. The van der Waals surface area contributed by atoms with Crippen LogP contribution in [0.25, 0.3) is 0 Å². The number of hydroxylamine groups is 2. The Morgan fingerprint density at radius 2 is 2.20 bits per heavy atom. The molecule has 0 radical (unpaired) electrons. The Bertz CT molecular complexity index is 114. The fraction of sp³-hybridized carbons (Fsp3) is 0.800. The number of amides is 1. The van der Waals surface area contributed by atoms with Gasteiger partial charge in [0.25, 0.3) is 0 Å². The first-order valence-electron chi connectivity index (χ1n) is 2.77. The minimum Gasteiger partial charge on any atom is -0.274 e. The quantitative estimate of drug-likeness (QED) is 0.557. The first-order chi connectivity index (χ1) is 4.63. The molecule has 1 amide bonds. The van der Waals surface area contributed by atoms with Gasteiger partial charge in [-0.15, -0.1) is 0 Å². The maximum Gasteiger partial charge on any atom is 0.317 e. The van der Waals surface area contributed by atoms with Crippen LogP contribution in [0.15, 0.2) is 0 Å². The van der Waals surface area contributed by atoms with Crippen molar-refractivity contribution < 1.29 is 18.4 Å². The molecule has 0 fully saturated rings. The predicted molar refractivity (Wildman–Crippen MR) is 30.4 cm³/mol. The molecule has 3 nitrogen and oxygen atoms in total. The number of nitrogens with zero attached hydrogens (tertiary/aromatic N) is 1. The molecule has 0 aliphatic heterocycles. The molecule has 0 saturated carbocycles. The molecule has 0 aliphatic rings. The summed E-state index contributed by atoms with van der Waals surface area (Å²) in [7, 11) is 1.17. The molecule has 0 aliphatic carbocycles. The third kappa shape index (κ3) is 2.26. The van der Waals surface area contributed by atoms with Gasteiger partial charge in [-0.05, 0) is 6.92 Å². The highest BCUT2D eigenvalue weighted by molar-refractivity contribution is 5.78. The minimum absolute atomic E-state index is 0.125. The maximum atomic E-state index is 11.6. The normalized spacial score (nSPS) is 10.1. The van der Waals surface area contributed by atoms with E-state index < -0.39 is 12.3 Å². The van der Waals surface area contributed by atoms with Crippen LogP contribution in [-0.2, 0) is 9.63 Å². The standard InChI is InChI=1S/C5H9F2NO2/c1-3-8(10-2)5(9)4(6)7/h4H,3H2,1-2H3. The zero-order valence-corrected chi connectivity index (χ0v) is 5.80. The number of hydrogen-bond donors (Lipinski definition) is 0. The second-order valence-corrected chi connectivity index (χ2v) is 1.52. The van der Waals surface area contributed by atoms with Gasteiger partial charge in [0.2, 0.25) is 0 Å². The van der Waals surface area contributed by atoms with Crippen LogP contribution >= 0.6 is 0 Å². The molecule has 0 aromatic rings. The van der Waals surface area contributed by atoms with Crippen LogP contribution in [-0.4, -0.2) is 31.1 Å². The van der Waals surface area contributed by atoms with Gasteiger partial charge in [0.1, 0.15) is 0 Å². The Kier molecular flexibility index (Phi) is 3.87. The average Bonchev–Trinajstić information content (AvgIpc) is 1.90. The number of carbonyl (C=O) groups excluding carboxylic acids is 1. The molecule has 0 bridgehead atoms. The van der Waals surface area contributed by atoms with Crippen molar-refractivity contribution in [3.63, 3.8) is 0 Å². The molecule has 0 atom stereocenters. The summed E-state index contributed by atoms with van der Waals surface area (Å²) in [5, 5.41) is 0.602. The summed E-state index contributed by atoms with van der Waals surface area (Å²) in [5.74, 6) is -1.30. The number of halogens is 2. The fourth-order valence-electron chi connectivity index (χ4n) is 0.484. The van der Waals surface area contributed by atoms with Gasteiger partial charge in [-0.1, -0.05) is 0 Å². The lowest BCUT2D eigenvalue weighted by Gasteiger charge is -2.15. The molecule has 0 saturated heterocycles. The van der Waals surface area contributed by atoms with Crippen molar-refractivity contribution in [3.8, 4) is 0 Å². The molecule has 60 valence electrons. The van der Waals surface area contributed by atoms with Gasteiger partial charge in [-0.25, -0.2) is 5.06 Å². The summed E-state index contributed by atoms with van der Waals surface area (Å²) < 4.78 is 23.2. The van der Waals surface area contributed by atoms with E-state index in [1.165, 1.54) is 7.11 Å². The zero-order valence-electron chi connectivity index (χ0n) is 5.80. The van der Waals surface area contributed by atoms with E-state index in [9.17, 15) is 13.6 Å². The summed E-state index contributed by atoms with van der Waals surface area (Å²) in [5.41, 5.74) is 0. The summed E-state index contributed by atoms with van der Waals surface area (Å²) in [6, 6.07) is 0. The first kappa shape index (κ1) is 9.29. The minimum atomic E-state index is -2.99. The molecular weight excluding hydrogens is 144 g/mol. The molecule has 0 aromatic carbocycles. The van der Waals surface area contributed by atoms with Crippen molar-refractivity contribution in [2.24, 2.45) is 0 Å². The predicted octanol–water partition coefficient (Wildman–Crippen LogP) is 0.661. The van der Waals surface area contributed by atoms with Crippen molar-refractivity contribution in [2.45, 2.75) is 13.3 Å². The number of carbonyl (C=O) groups is 1. The molecule has 0 heterocycles. The largest absolute Gasteiger partial charge is 0.317 e. The molecule has 0 unspecified atom stereocenters. The van der Waals surface area contributed by atoms with Crippen molar-refractivity contribution >= 4 is 5.91 Å². The number of hydrogen-bond acceptors (Lipinski definition) is 2. The van der Waals surface area contributed by atoms with E-state index in [1.807, 2.05) is 0 Å². The Morgan fingerprint density at radius 1 is 1.70 bits per heavy atom. The van der Waals surface area contributed by atoms with Crippen LogP contribution in [0, 0.1) is 0 Å². The summed E-state index contributed by atoms with van der Waals surface area (Å²) in [4.78, 5) is 14.7. The smallest absolute Gasteiger partial charge is 0.274 e. The monoisotopic (exact) mass is 153 g/mol. The Morgan fingerprint density at radius 3 is 2.30 bits per heavy atom. The lowest BCUT2D eigenvalue weighted by molar-refractivity contribution is -0.186. The third-order valence-corrected chi connectivity index (χ3v) is 0.940. The Labute approximate surface area is 57.5 Å². The fourth-order valence-corrected chi connectivity index (χ4v) is 0.484. The van der Waals surface area contributed by atoms with Crippen LogP contribution in [0.5, 0.6) is 0 Å². The van der Waals surface area contributed by atoms with Gasteiger partial charge in [0.05, 0.1) is 7.11 Å². The van der Waals surface area contributed by atoms with E-state index in [0.717, 1.165) is 0 Å². The van der Waals surface area contributed by atoms with Gasteiger partial charge in [-0.3, -0.25) is 9.63 Å². The molecule has 5 heteroatoms. The van der Waals surface area contributed by atoms with Crippen molar-refractivity contribution in [2.75, 3.05) is 13.7 Å². The molecular formula is C5H9F2NO2. The highest BCUT2D eigenvalue weighted by Crippen LogP contribution is 1.99. The molecule has 0 rings (SSSR count). The molecule has 0 aromatic heterocycles. The second-order valence-electron chi connectivity index (χ2n) is 1.52. The van der Waals surface area contributed by atoms with Crippen LogP contribution in [0.2, 0.25) is 0 Å². The lowest BCUT2D eigenvalue weighted by atomic mass is 10.6. The summed E-state index contributed by atoms with van der Waals surface area (Å²) >= 11 is 0. The molecule has 0 spiro atoms. The van der Waals surface area contributed by atoms with E-state index in [0.29, 0.717) is 5.06 Å². The van der Waals surface area contributed by atoms with Gasteiger partial charge >= 0.3 is 12.3 Å². The SMILES string of the molecule is CCN(OC)C(=O)C(F)F. The van der Waals surface area contributed by atoms with E-state index in [2.05, 4.69) is 4.84 Å². The number of alkyl halides is 2. The Balaban J connectivity index is 3.89. The number of rotatable bonds is 3. The van der Waals surface area contributed by atoms with E-state index in [-0.39, 0.29) is 6.54 Å². The van der Waals surface area contributed by atoms with Crippen LogP contribution in [0.4, 0.5) is 8.78 Å². The summed E-state index contributed by atoms with van der Waals surface area (Å²) in [6.07, 6.45) is -2.99. The van der Waals surface area contributed by atoms with Gasteiger partial charge in [-0.2, -0.15) is 8.78 Å². The maximum absolute atomic E-state index is 11.6. The van der Waals surface area contributed by atoms with Gasteiger partial charge in [0.15, 0.2) is 0 Å². The average molecular weight is 153 g/mol. The first-order valence-corrected chi connectivity index (χ1v) is 2.77. The van der Waals surface area contributed by atoms with Crippen LogP contribution in [0.1, 0.15) is 6.92 Å². The third-order valence-electron chi connectivity index (χ3n) is 0.940. The Hall–Kier alpha value is -0.710. The van der Waals surface area contributed by atoms with Crippen LogP contribution in [0.3, 0.4) is 0 Å². The highest BCUT2D eigenvalue weighted by atomic mass is 19.3. The highest BCUT2D eigenvalue weighted by Gasteiger charge is 2.21. The molecule has 0 N–H and O–H groups in total. The van der Waals surface area contributed by atoms with Crippen molar-refractivity contribution in [1.29, 1.82) is 0 Å². The van der Waals surface area contributed by atoms with Crippen molar-refractivity contribution in [3.05, 3.63) is 0 Å².